The summed E-state index contributed by atoms with van der Waals surface area (Å²) in [5.41, 5.74) is 1.45. The van der Waals surface area contributed by atoms with Crippen molar-refractivity contribution in [1.82, 2.24) is 0 Å². The summed E-state index contributed by atoms with van der Waals surface area (Å²) in [4.78, 5) is 23.6. The standard InChI is InChI=1S/C15H17FN2O3/c1-7(2)13-9-4-5-11(18-21)15(20)14(9)12(6-10(13)16)17-8(3)19/h6-7,21H,4-5H2,1-3H3,(H,17,19)/b18-11+. The minimum absolute atomic E-state index is 0.0235. The van der Waals surface area contributed by atoms with Crippen molar-refractivity contribution in [2.24, 2.45) is 5.16 Å². The quantitative estimate of drug-likeness (QED) is 0.650. The monoisotopic (exact) mass is 292 g/mol. The first-order valence-corrected chi connectivity index (χ1v) is 6.75. The van der Waals surface area contributed by atoms with Crippen molar-refractivity contribution in [1.29, 1.82) is 0 Å². The summed E-state index contributed by atoms with van der Waals surface area (Å²) >= 11 is 0. The highest BCUT2D eigenvalue weighted by molar-refractivity contribution is 6.48. The number of anilines is 1. The van der Waals surface area contributed by atoms with Crippen molar-refractivity contribution in [3.63, 3.8) is 0 Å². The average molecular weight is 292 g/mol. The van der Waals surface area contributed by atoms with Gasteiger partial charge in [-0.1, -0.05) is 19.0 Å². The lowest BCUT2D eigenvalue weighted by molar-refractivity contribution is -0.114. The minimum Gasteiger partial charge on any atom is -0.411 e. The van der Waals surface area contributed by atoms with Crippen LogP contribution in [0.5, 0.6) is 0 Å². The van der Waals surface area contributed by atoms with Crippen molar-refractivity contribution >= 4 is 23.1 Å². The summed E-state index contributed by atoms with van der Waals surface area (Å²) in [6.07, 6.45) is 0.656. The molecule has 0 aliphatic heterocycles. The molecule has 1 aliphatic carbocycles. The molecule has 0 saturated carbocycles. The van der Waals surface area contributed by atoms with E-state index in [1.165, 1.54) is 6.92 Å². The number of carbonyl (C=O) groups excluding carboxylic acids is 2. The number of benzene rings is 1. The first-order chi connectivity index (χ1) is 9.86. The lowest BCUT2D eigenvalue weighted by atomic mass is 9.81. The first kappa shape index (κ1) is 15.2. The molecule has 1 aliphatic rings. The van der Waals surface area contributed by atoms with Gasteiger partial charge in [0.25, 0.3) is 0 Å². The van der Waals surface area contributed by atoms with Gasteiger partial charge in [-0.15, -0.1) is 0 Å². The summed E-state index contributed by atoms with van der Waals surface area (Å²) in [6.45, 7) is 4.97. The SMILES string of the molecule is CC(=O)Nc1cc(F)c(C(C)C)c2c1C(=O)/C(=N/O)CC2. The number of nitrogens with zero attached hydrogens (tertiary/aromatic N) is 1. The van der Waals surface area contributed by atoms with Gasteiger partial charge >= 0.3 is 0 Å². The third-order valence-corrected chi connectivity index (χ3v) is 3.53. The molecule has 0 bridgehead atoms. The van der Waals surface area contributed by atoms with Gasteiger partial charge in [-0.25, -0.2) is 4.39 Å². The van der Waals surface area contributed by atoms with E-state index < -0.39 is 17.5 Å². The number of fused-ring (bicyclic) bond motifs is 1. The Morgan fingerprint density at radius 2 is 2.10 bits per heavy atom. The second kappa shape index (κ2) is 5.63. The fourth-order valence-corrected chi connectivity index (χ4v) is 2.75. The van der Waals surface area contributed by atoms with Crippen LogP contribution < -0.4 is 5.32 Å². The van der Waals surface area contributed by atoms with Crippen LogP contribution in [0.2, 0.25) is 0 Å². The van der Waals surface area contributed by atoms with Crippen molar-refractivity contribution in [2.75, 3.05) is 5.32 Å². The van der Waals surface area contributed by atoms with Gasteiger partial charge in [0.15, 0.2) is 0 Å². The largest absolute Gasteiger partial charge is 0.411 e. The van der Waals surface area contributed by atoms with Crippen molar-refractivity contribution in [3.8, 4) is 0 Å². The van der Waals surface area contributed by atoms with Gasteiger partial charge in [0.2, 0.25) is 11.7 Å². The lowest BCUT2D eigenvalue weighted by Crippen LogP contribution is -2.27. The fourth-order valence-electron chi connectivity index (χ4n) is 2.75. The number of hydrogen-bond acceptors (Lipinski definition) is 4. The highest BCUT2D eigenvalue weighted by atomic mass is 19.1. The van der Waals surface area contributed by atoms with Gasteiger partial charge in [0.1, 0.15) is 11.5 Å². The van der Waals surface area contributed by atoms with Crippen LogP contribution in [-0.2, 0) is 11.2 Å². The van der Waals surface area contributed by atoms with E-state index >= 15 is 0 Å². The molecule has 0 unspecified atom stereocenters. The number of nitrogens with one attached hydrogen (secondary N) is 1. The maximum Gasteiger partial charge on any atom is 0.221 e. The highest BCUT2D eigenvalue weighted by Gasteiger charge is 2.31. The van der Waals surface area contributed by atoms with Crippen LogP contribution in [0.25, 0.3) is 0 Å². The molecule has 5 nitrogen and oxygen atoms in total. The molecule has 1 aromatic rings. The number of hydrogen-bond donors (Lipinski definition) is 2. The van der Waals surface area contributed by atoms with Crippen molar-refractivity contribution in [2.45, 2.75) is 39.5 Å². The van der Waals surface area contributed by atoms with E-state index in [4.69, 9.17) is 5.21 Å². The molecule has 1 aromatic carbocycles. The number of carbonyl (C=O) groups is 2. The molecule has 2 rings (SSSR count). The van der Waals surface area contributed by atoms with Gasteiger partial charge < -0.3 is 10.5 Å². The van der Waals surface area contributed by atoms with E-state index in [1.807, 2.05) is 13.8 Å². The molecule has 0 fully saturated rings. The summed E-state index contributed by atoms with van der Waals surface area (Å²) in [7, 11) is 0. The molecular formula is C15H17FN2O3. The molecule has 0 saturated heterocycles. The third-order valence-electron chi connectivity index (χ3n) is 3.53. The van der Waals surface area contributed by atoms with Crippen LogP contribution in [0.3, 0.4) is 0 Å². The summed E-state index contributed by atoms with van der Waals surface area (Å²) < 4.78 is 14.3. The molecule has 6 heteroatoms. The number of oxime groups is 1. The van der Waals surface area contributed by atoms with Gasteiger partial charge in [-0.05, 0) is 29.5 Å². The van der Waals surface area contributed by atoms with E-state index in [0.717, 1.165) is 6.07 Å². The lowest BCUT2D eigenvalue weighted by Gasteiger charge is -2.24. The minimum atomic E-state index is -0.468. The zero-order valence-electron chi connectivity index (χ0n) is 12.2. The van der Waals surface area contributed by atoms with Crippen molar-refractivity contribution < 1.29 is 19.2 Å². The Morgan fingerprint density at radius 3 is 2.62 bits per heavy atom. The zero-order chi connectivity index (χ0) is 15.7. The highest BCUT2D eigenvalue weighted by Crippen LogP contribution is 2.35. The van der Waals surface area contributed by atoms with Crippen LogP contribution >= 0.6 is 0 Å². The van der Waals surface area contributed by atoms with Gasteiger partial charge in [0.05, 0.1) is 11.3 Å². The molecular weight excluding hydrogens is 275 g/mol. The Balaban J connectivity index is 2.74. The molecule has 0 spiro atoms. The summed E-state index contributed by atoms with van der Waals surface area (Å²) in [6, 6.07) is 1.16. The van der Waals surface area contributed by atoms with E-state index in [2.05, 4.69) is 10.5 Å². The first-order valence-electron chi connectivity index (χ1n) is 6.75. The Bertz CT molecular complexity index is 651. The number of halogens is 1. The smallest absolute Gasteiger partial charge is 0.221 e. The normalized spacial score (nSPS) is 16.2. The maximum absolute atomic E-state index is 14.3. The molecule has 2 N–H and O–H groups in total. The summed E-state index contributed by atoms with van der Waals surface area (Å²) in [5, 5.41) is 14.4. The van der Waals surface area contributed by atoms with Crippen LogP contribution in [0.1, 0.15) is 54.6 Å². The average Bonchev–Trinajstić information content (AvgIpc) is 2.37. The molecule has 1 amide bonds. The van der Waals surface area contributed by atoms with Gasteiger partial charge in [-0.2, -0.15) is 0 Å². The predicted molar refractivity (Wildman–Crippen MR) is 76.7 cm³/mol. The van der Waals surface area contributed by atoms with E-state index in [9.17, 15) is 14.0 Å². The Morgan fingerprint density at radius 1 is 1.43 bits per heavy atom. The molecule has 0 atom stereocenters. The van der Waals surface area contributed by atoms with Crippen LogP contribution in [-0.4, -0.2) is 22.6 Å². The number of ketones is 1. The van der Waals surface area contributed by atoms with Gasteiger partial charge in [0, 0.05) is 13.3 Å². The number of amides is 1. The van der Waals surface area contributed by atoms with Gasteiger partial charge in [-0.3, -0.25) is 9.59 Å². The van der Waals surface area contributed by atoms with Crippen molar-refractivity contribution in [3.05, 3.63) is 28.6 Å². The second-order valence-corrected chi connectivity index (χ2v) is 5.38. The van der Waals surface area contributed by atoms with Crippen LogP contribution in [0.15, 0.2) is 11.2 Å². The number of rotatable bonds is 2. The third kappa shape index (κ3) is 2.66. The molecule has 21 heavy (non-hydrogen) atoms. The van der Waals surface area contributed by atoms with E-state index in [1.54, 1.807) is 0 Å². The molecule has 0 aromatic heterocycles. The zero-order valence-corrected chi connectivity index (χ0v) is 12.2. The predicted octanol–water partition coefficient (Wildman–Crippen LogP) is 2.87. The fraction of sp³-hybridized carbons (Fsp3) is 0.400. The second-order valence-electron chi connectivity index (χ2n) is 5.38. The van der Waals surface area contributed by atoms with E-state index in [0.29, 0.717) is 17.5 Å². The van der Waals surface area contributed by atoms with Crippen LogP contribution in [0, 0.1) is 5.82 Å². The van der Waals surface area contributed by atoms with E-state index in [-0.39, 0.29) is 29.3 Å². The molecule has 0 radical (unpaired) electrons. The maximum atomic E-state index is 14.3. The topological polar surface area (TPSA) is 78.8 Å². The number of Topliss-reactive ketones (excluding diaryl/α,β-unsaturated/α-hetero) is 1. The summed E-state index contributed by atoms with van der Waals surface area (Å²) in [5.74, 6) is -1.39. The Hall–Kier alpha value is -2.24. The Kier molecular flexibility index (Phi) is 4.06. The van der Waals surface area contributed by atoms with Crippen LogP contribution in [0.4, 0.5) is 10.1 Å². The Labute approximate surface area is 121 Å². The molecule has 112 valence electrons. The molecule has 0 heterocycles.